The Morgan fingerprint density at radius 1 is 1.04 bits per heavy atom. The lowest BCUT2D eigenvalue weighted by molar-refractivity contribution is -0.231. The van der Waals surface area contributed by atoms with E-state index in [2.05, 4.69) is 19.1 Å². The van der Waals surface area contributed by atoms with Gasteiger partial charge in [0.15, 0.2) is 0 Å². The highest BCUT2D eigenvalue weighted by atomic mass is 32.1. The minimum atomic E-state index is -1.36. The largest absolute Gasteiger partial charge is 0.394 e. The van der Waals surface area contributed by atoms with E-state index in [0.717, 1.165) is 17.5 Å². The van der Waals surface area contributed by atoms with Crippen molar-refractivity contribution in [3.63, 3.8) is 0 Å². The van der Waals surface area contributed by atoms with Crippen LogP contribution < -0.4 is 0 Å². The van der Waals surface area contributed by atoms with Crippen molar-refractivity contribution in [2.45, 2.75) is 43.9 Å². The zero-order chi connectivity index (χ0) is 17.3. The average molecular weight is 350 g/mol. The maximum Gasteiger partial charge on any atom is 0.113 e. The van der Waals surface area contributed by atoms with Crippen LogP contribution in [0, 0.1) is 6.92 Å². The lowest BCUT2D eigenvalue weighted by atomic mass is 9.90. The van der Waals surface area contributed by atoms with Gasteiger partial charge >= 0.3 is 0 Å². The number of aryl methyl sites for hydroxylation is 1. The topological polar surface area (TPSA) is 90.2 Å². The highest BCUT2D eigenvalue weighted by molar-refractivity contribution is 7.11. The molecule has 5 nitrogen and oxygen atoms in total. The van der Waals surface area contributed by atoms with Gasteiger partial charge in [0.2, 0.25) is 0 Å². The van der Waals surface area contributed by atoms with Gasteiger partial charge in [0, 0.05) is 16.2 Å². The molecular formula is C18H22O5S. The van der Waals surface area contributed by atoms with E-state index in [1.54, 1.807) is 11.3 Å². The van der Waals surface area contributed by atoms with E-state index < -0.39 is 37.1 Å². The Labute approximate surface area is 144 Å². The van der Waals surface area contributed by atoms with Gasteiger partial charge in [-0.25, -0.2) is 0 Å². The van der Waals surface area contributed by atoms with Gasteiger partial charge in [0.25, 0.3) is 0 Å². The van der Waals surface area contributed by atoms with Gasteiger partial charge in [-0.15, -0.1) is 11.3 Å². The quantitative estimate of drug-likeness (QED) is 0.664. The lowest BCUT2D eigenvalue weighted by Crippen LogP contribution is -2.55. The molecule has 0 saturated carbocycles. The molecule has 130 valence electrons. The molecule has 2 heterocycles. The third-order valence-corrected chi connectivity index (χ3v) is 5.35. The van der Waals surface area contributed by atoms with Crippen LogP contribution in [0.2, 0.25) is 0 Å². The van der Waals surface area contributed by atoms with Gasteiger partial charge in [0.05, 0.1) is 6.61 Å². The van der Waals surface area contributed by atoms with Crippen LogP contribution in [-0.2, 0) is 11.2 Å². The third kappa shape index (κ3) is 3.54. The molecule has 6 heteroatoms. The van der Waals surface area contributed by atoms with Crippen LogP contribution in [0.5, 0.6) is 0 Å². The summed E-state index contributed by atoms with van der Waals surface area (Å²) in [4.78, 5) is 2.51. The van der Waals surface area contributed by atoms with E-state index in [9.17, 15) is 20.4 Å². The molecule has 1 saturated heterocycles. The summed E-state index contributed by atoms with van der Waals surface area (Å²) in [5.74, 6) is 0. The second-order valence-electron chi connectivity index (χ2n) is 6.18. The van der Waals surface area contributed by atoms with Gasteiger partial charge in [-0.1, -0.05) is 24.3 Å². The predicted octanol–water partition coefficient (Wildman–Crippen LogP) is 1.16. The molecule has 2 aromatic rings. The van der Waals surface area contributed by atoms with Crippen LogP contribution in [0.1, 0.15) is 27.0 Å². The van der Waals surface area contributed by atoms with Crippen molar-refractivity contribution in [1.29, 1.82) is 0 Å². The second-order valence-corrected chi connectivity index (χ2v) is 7.56. The Morgan fingerprint density at radius 3 is 2.50 bits per heavy atom. The Hall–Kier alpha value is -1.28. The third-order valence-electron chi connectivity index (χ3n) is 4.35. The molecule has 1 aliphatic rings. The molecule has 4 N–H and O–H groups in total. The van der Waals surface area contributed by atoms with Crippen molar-refractivity contribution < 1.29 is 25.2 Å². The Bertz CT molecular complexity index is 684. The molecule has 0 spiro atoms. The standard InChI is InChI=1S/C18H22O5S/c1-10-5-6-13(24-10)8-11-3-2-4-12(7-11)18-17(22)16(21)15(20)14(9-19)23-18/h2-7,14-22H,8-9H2,1H3/t14?,15-,16+,17-,18+/m1/s1. The number of aliphatic hydroxyl groups excluding tert-OH is 4. The Morgan fingerprint density at radius 2 is 1.83 bits per heavy atom. The number of thiophene rings is 1. The van der Waals surface area contributed by atoms with Crippen molar-refractivity contribution in [2.75, 3.05) is 6.61 Å². The highest BCUT2D eigenvalue weighted by Crippen LogP contribution is 2.33. The van der Waals surface area contributed by atoms with E-state index in [-0.39, 0.29) is 0 Å². The van der Waals surface area contributed by atoms with Crippen LogP contribution in [0.25, 0.3) is 0 Å². The summed E-state index contributed by atoms with van der Waals surface area (Å²) in [7, 11) is 0. The summed E-state index contributed by atoms with van der Waals surface area (Å²) in [5.41, 5.74) is 1.80. The summed E-state index contributed by atoms with van der Waals surface area (Å²) >= 11 is 1.74. The van der Waals surface area contributed by atoms with Crippen molar-refractivity contribution in [2.24, 2.45) is 0 Å². The zero-order valence-corrected chi connectivity index (χ0v) is 14.2. The van der Waals surface area contributed by atoms with Gasteiger partial charge < -0.3 is 25.2 Å². The molecule has 0 aliphatic carbocycles. The van der Waals surface area contributed by atoms with E-state index in [4.69, 9.17) is 4.74 Å². The molecule has 1 aromatic carbocycles. The first kappa shape index (κ1) is 17.5. The summed E-state index contributed by atoms with van der Waals surface area (Å²) in [6, 6.07) is 11.8. The molecule has 0 bridgehead atoms. The molecule has 0 amide bonds. The molecule has 3 rings (SSSR count). The van der Waals surface area contributed by atoms with Crippen molar-refractivity contribution in [3.05, 3.63) is 57.3 Å². The number of rotatable bonds is 4. The fraction of sp³-hybridized carbons (Fsp3) is 0.444. The fourth-order valence-electron chi connectivity index (χ4n) is 3.04. The van der Waals surface area contributed by atoms with Crippen molar-refractivity contribution in [1.82, 2.24) is 0 Å². The number of aliphatic hydroxyl groups is 4. The van der Waals surface area contributed by atoms with Crippen LogP contribution >= 0.6 is 11.3 Å². The van der Waals surface area contributed by atoms with Crippen molar-refractivity contribution >= 4 is 11.3 Å². The lowest BCUT2D eigenvalue weighted by Gasteiger charge is -2.40. The number of benzene rings is 1. The maximum absolute atomic E-state index is 10.2. The molecule has 1 aromatic heterocycles. The van der Waals surface area contributed by atoms with E-state index in [1.165, 1.54) is 9.75 Å². The SMILES string of the molecule is Cc1ccc(Cc2cccc([C@@H]3OC(CO)[C@@H](O)[C@H](O)[C@H]3O)c2)s1. The zero-order valence-electron chi connectivity index (χ0n) is 13.4. The average Bonchev–Trinajstić information content (AvgIpc) is 2.98. The van der Waals surface area contributed by atoms with Crippen LogP contribution in [0.4, 0.5) is 0 Å². The van der Waals surface area contributed by atoms with Crippen LogP contribution in [0.3, 0.4) is 0 Å². The maximum atomic E-state index is 10.2. The normalized spacial score (nSPS) is 30.5. The highest BCUT2D eigenvalue weighted by Gasteiger charge is 2.43. The number of ether oxygens (including phenoxy) is 1. The minimum Gasteiger partial charge on any atom is -0.394 e. The smallest absolute Gasteiger partial charge is 0.113 e. The first-order valence-electron chi connectivity index (χ1n) is 7.94. The van der Waals surface area contributed by atoms with Gasteiger partial charge in [-0.05, 0) is 30.2 Å². The van der Waals surface area contributed by atoms with Gasteiger partial charge in [-0.3, -0.25) is 0 Å². The molecule has 5 atom stereocenters. The van der Waals surface area contributed by atoms with E-state index in [1.807, 2.05) is 24.3 Å². The van der Waals surface area contributed by atoms with E-state index >= 15 is 0 Å². The minimum absolute atomic E-state index is 0.421. The fourth-order valence-corrected chi connectivity index (χ4v) is 3.96. The molecule has 1 aliphatic heterocycles. The monoisotopic (exact) mass is 350 g/mol. The Kier molecular flexibility index (Phi) is 5.34. The van der Waals surface area contributed by atoms with Gasteiger partial charge in [-0.2, -0.15) is 0 Å². The molecule has 24 heavy (non-hydrogen) atoms. The molecule has 0 radical (unpaired) electrons. The first-order chi connectivity index (χ1) is 11.5. The first-order valence-corrected chi connectivity index (χ1v) is 8.76. The number of hydrogen-bond acceptors (Lipinski definition) is 6. The van der Waals surface area contributed by atoms with Crippen molar-refractivity contribution in [3.8, 4) is 0 Å². The predicted molar refractivity (Wildman–Crippen MR) is 91.0 cm³/mol. The van der Waals surface area contributed by atoms with Crippen LogP contribution in [-0.4, -0.2) is 51.4 Å². The summed E-state index contributed by atoms with van der Waals surface area (Å²) in [6.07, 6.45) is -4.84. The summed E-state index contributed by atoms with van der Waals surface area (Å²) < 4.78 is 5.62. The molecule has 1 fully saturated rings. The number of hydrogen-bond donors (Lipinski definition) is 4. The van der Waals surface area contributed by atoms with Crippen LogP contribution in [0.15, 0.2) is 36.4 Å². The second kappa shape index (κ2) is 7.31. The van der Waals surface area contributed by atoms with E-state index in [0.29, 0.717) is 0 Å². The molecule has 1 unspecified atom stereocenters. The van der Waals surface area contributed by atoms with Gasteiger partial charge in [0.1, 0.15) is 30.5 Å². The summed E-state index contributed by atoms with van der Waals surface area (Å²) in [6.45, 7) is 1.65. The Balaban J connectivity index is 1.82. The summed E-state index contributed by atoms with van der Waals surface area (Å²) in [5, 5.41) is 39.4. The molecular weight excluding hydrogens is 328 g/mol.